The normalized spacial score (nSPS) is 19.7. The van der Waals surface area contributed by atoms with Crippen LogP contribution < -0.4 is 5.32 Å². The van der Waals surface area contributed by atoms with Gasteiger partial charge in [-0.2, -0.15) is 0 Å². The summed E-state index contributed by atoms with van der Waals surface area (Å²) in [5.74, 6) is 0.543. The lowest BCUT2D eigenvalue weighted by Crippen LogP contribution is -2.48. The zero-order valence-electron chi connectivity index (χ0n) is 23.3. The van der Waals surface area contributed by atoms with E-state index in [1.54, 1.807) is 6.92 Å². The molecule has 0 bridgehead atoms. The minimum Gasteiger partial charge on any atom is -0.469 e. The molecule has 0 aliphatic carbocycles. The summed E-state index contributed by atoms with van der Waals surface area (Å²) in [5, 5.41) is 3.09. The largest absolute Gasteiger partial charge is 0.469 e. The van der Waals surface area contributed by atoms with Gasteiger partial charge in [-0.3, -0.25) is 4.79 Å². The molecule has 4 nitrogen and oxygen atoms in total. The van der Waals surface area contributed by atoms with E-state index < -0.39 is 0 Å². The van der Waals surface area contributed by atoms with Crippen molar-refractivity contribution in [1.29, 1.82) is 0 Å². The van der Waals surface area contributed by atoms with Crippen LogP contribution in [0.3, 0.4) is 0 Å². The van der Waals surface area contributed by atoms with E-state index in [1.807, 2.05) is 6.07 Å². The van der Waals surface area contributed by atoms with Gasteiger partial charge in [0.2, 0.25) is 11.8 Å². The molecule has 190 valence electrons. The van der Waals surface area contributed by atoms with Crippen LogP contribution >= 0.6 is 0 Å². The second-order valence-corrected chi connectivity index (χ2v) is 13.1. The predicted molar refractivity (Wildman–Crippen MR) is 146 cm³/mol. The Bertz CT molecular complexity index is 1030. The standard InChI is InChI=1S/C31H44N2O2/c1-20(34)32-27(31(8,9)10)28-33-25(16-21-14-12-11-13-15-21)26(35-28)22-17-23(29(2,3)4)19-24(18-22)30(5,6)7/h11-15,17-19,25-27H,16H2,1-10H3,(H,32,34)/t25-,26?,27?/m0/s1. The Balaban J connectivity index is 2.11. The fourth-order valence-corrected chi connectivity index (χ4v) is 4.45. The van der Waals surface area contributed by atoms with Gasteiger partial charge in [0.05, 0.1) is 6.04 Å². The molecule has 3 atom stereocenters. The molecule has 1 N–H and O–H groups in total. The highest BCUT2D eigenvalue weighted by Gasteiger charge is 2.41. The Kier molecular flexibility index (Phi) is 7.55. The minimum absolute atomic E-state index is 0.0113. The van der Waals surface area contributed by atoms with Crippen LogP contribution in [0.2, 0.25) is 0 Å². The maximum absolute atomic E-state index is 12.1. The number of amides is 1. The van der Waals surface area contributed by atoms with Crippen molar-refractivity contribution in [2.24, 2.45) is 10.4 Å². The van der Waals surface area contributed by atoms with E-state index in [2.05, 4.69) is 110 Å². The molecule has 3 rings (SSSR count). The van der Waals surface area contributed by atoms with E-state index in [0.29, 0.717) is 5.90 Å². The molecule has 0 saturated carbocycles. The van der Waals surface area contributed by atoms with E-state index in [9.17, 15) is 4.79 Å². The molecule has 4 heteroatoms. The van der Waals surface area contributed by atoms with Crippen molar-refractivity contribution in [3.8, 4) is 0 Å². The van der Waals surface area contributed by atoms with Crippen molar-refractivity contribution >= 4 is 11.8 Å². The first-order valence-electron chi connectivity index (χ1n) is 12.8. The summed E-state index contributed by atoms with van der Waals surface area (Å²) in [6.45, 7) is 21.4. The lowest BCUT2D eigenvalue weighted by atomic mass is 9.78. The number of carbonyl (C=O) groups is 1. The van der Waals surface area contributed by atoms with Crippen LogP contribution in [-0.2, 0) is 26.8 Å². The molecule has 35 heavy (non-hydrogen) atoms. The summed E-state index contributed by atoms with van der Waals surface area (Å²) in [6.07, 6.45) is 0.559. The molecule has 1 aliphatic rings. The first-order chi connectivity index (χ1) is 16.1. The molecular weight excluding hydrogens is 432 g/mol. The van der Waals surface area contributed by atoms with Gasteiger partial charge in [-0.25, -0.2) is 4.99 Å². The SMILES string of the molecule is CC(=O)NC(C1=N[C@@H](Cc2ccccc2)C(c2cc(C(C)(C)C)cc(C(C)(C)C)c2)O1)C(C)(C)C. The second-order valence-electron chi connectivity index (χ2n) is 13.1. The number of ether oxygens (including phenoxy) is 1. The predicted octanol–water partition coefficient (Wildman–Crippen LogP) is 6.91. The number of nitrogens with one attached hydrogen (secondary N) is 1. The third-order valence-corrected chi connectivity index (χ3v) is 6.65. The average Bonchev–Trinajstić information content (AvgIpc) is 3.13. The lowest BCUT2D eigenvalue weighted by Gasteiger charge is -2.31. The molecular formula is C31H44N2O2. The van der Waals surface area contributed by atoms with Crippen LogP contribution in [0.15, 0.2) is 53.5 Å². The van der Waals surface area contributed by atoms with Crippen LogP contribution in [0.25, 0.3) is 0 Å². The third kappa shape index (κ3) is 6.74. The monoisotopic (exact) mass is 476 g/mol. The van der Waals surface area contributed by atoms with Crippen LogP contribution in [0.4, 0.5) is 0 Å². The Labute approximate surface area is 212 Å². The molecule has 2 aromatic carbocycles. The summed E-state index contributed by atoms with van der Waals surface area (Å²) < 4.78 is 6.69. The van der Waals surface area contributed by atoms with E-state index in [1.165, 1.54) is 16.7 Å². The summed E-state index contributed by atoms with van der Waals surface area (Å²) in [6, 6.07) is 17.0. The molecule has 2 aromatic rings. The van der Waals surface area contributed by atoms with Gasteiger partial charge in [0.15, 0.2) is 0 Å². The number of hydrogen-bond acceptors (Lipinski definition) is 3. The van der Waals surface area contributed by atoms with E-state index in [4.69, 9.17) is 9.73 Å². The highest BCUT2D eigenvalue weighted by Crippen LogP contribution is 2.39. The molecule has 0 spiro atoms. The number of benzene rings is 2. The molecule has 1 amide bonds. The molecule has 0 radical (unpaired) electrons. The minimum atomic E-state index is -0.295. The number of rotatable bonds is 5. The lowest BCUT2D eigenvalue weighted by molar-refractivity contribution is -0.120. The van der Waals surface area contributed by atoms with Crippen molar-refractivity contribution in [1.82, 2.24) is 5.32 Å². The highest BCUT2D eigenvalue weighted by atomic mass is 16.5. The highest BCUT2D eigenvalue weighted by molar-refractivity contribution is 5.89. The number of aliphatic imine (C=N–C) groups is 1. The van der Waals surface area contributed by atoms with Crippen molar-refractivity contribution in [3.63, 3.8) is 0 Å². The van der Waals surface area contributed by atoms with E-state index in [0.717, 1.165) is 12.0 Å². The van der Waals surface area contributed by atoms with Crippen LogP contribution in [0.1, 0.15) is 97.6 Å². The van der Waals surface area contributed by atoms with Gasteiger partial charge < -0.3 is 10.1 Å². The fraction of sp³-hybridized carbons (Fsp3) is 0.548. The Hall–Kier alpha value is -2.62. The number of carbonyl (C=O) groups excluding carboxylic acids is 1. The Morgan fingerprint density at radius 2 is 1.46 bits per heavy atom. The third-order valence-electron chi connectivity index (χ3n) is 6.65. The van der Waals surface area contributed by atoms with Crippen LogP contribution in [-0.4, -0.2) is 23.9 Å². The smallest absolute Gasteiger partial charge is 0.217 e. The second kappa shape index (κ2) is 9.79. The Morgan fingerprint density at radius 1 is 0.914 bits per heavy atom. The maximum Gasteiger partial charge on any atom is 0.217 e. The van der Waals surface area contributed by atoms with Gasteiger partial charge in [0.25, 0.3) is 0 Å². The molecule has 0 aromatic heterocycles. The first kappa shape index (κ1) is 27.0. The zero-order chi connectivity index (χ0) is 26.2. The van der Waals surface area contributed by atoms with Crippen LogP contribution in [0, 0.1) is 5.41 Å². The molecule has 2 unspecified atom stereocenters. The van der Waals surface area contributed by atoms with Gasteiger partial charge in [-0.05, 0) is 44.9 Å². The van der Waals surface area contributed by atoms with Crippen LogP contribution in [0.5, 0.6) is 0 Å². The maximum atomic E-state index is 12.1. The van der Waals surface area contributed by atoms with Crippen molar-refractivity contribution in [2.75, 3.05) is 0 Å². The van der Waals surface area contributed by atoms with E-state index in [-0.39, 0.29) is 40.3 Å². The van der Waals surface area contributed by atoms with E-state index >= 15 is 0 Å². The fourth-order valence-electron chi connectivity index (χ4n) is 4.45. The van der Waals surface area contributed by atoms with Crippen molar-refractivity contribution < 1.29 is 9.53 Å². The average molecular weight is 477 g/mol. The van der Waals surface area contributed by atoms with Crippen molar-refractivity contribution in [2.45, 2.75) is 105 Å². The van der Waals surface area contributed by atoms with Gasteiger partial charge >= 0.3 is 0 Å². The van der Waals surface area contributed by atoms with Gasteiger partial charge in [-0.1, -0.05) is 111 Å². The summed E-state index contributed by atoms with van der Waals surface area (Å²) >= 11 is 0. The zero-order valence-corrected chi connectivity index (χ0v) is 23.3. The summed E-state index contributed by atoms with van der Waals surface area (Å²) in [7, 11) is 0. The first-order valence-corrected chi connectivity index (χ1v) is 12.8. The number of hydrogen-bond donors (Lipinski definition) is 1. The molecule has 1 heterocycles. The Morgan fingerprint density at radius 3 is 1.91 bits per heavy atom. The van der Waals surface area contributed by atoms with Gasteiger partial charge in [-0.15, -0.1) is 0 Å². The topological polar surface area (TPSA) is 50.7 Å². The number of nitrogens with zero attached hydrogens (tertiary/aromatic N) is 1. The summed E-state index contributed by atoms with van der Waals surface area (Å²) in [4.78, 5) is 17.2. The van der Waals surface area contributed by atoms with Gasteiger partial charge in [0, 0.05) is 6.92 Å². The van der Waals surface area contributed by atoms with Gasteiger partial charge in [0.1, 0.15) is 12.1 Å². The quantitative estimate of drug-likeness (QED) is 0.509. The van der Waals surface area contributed by atoms with Crippen molar-refractivity contribution in [3.05, 3.63) is 70.8 Å². The summed E-state index contributed by atoms with van der Waals surface area (Å²) in [5.41, 5.74) is 4.76. The molecule has 1 aliphatic heterocycles. The molecule has 0 fully saturated rings. The molecule has 0 saturated heterocycles.